The third-order valence-electron chi connectivity index (χ3n) is 3.37. The van der Waals surface area contributed by atoms with Gasteiger partial charge in [-0.05, 0) is 35.6 Å². The summed E-state index contributed by atoms with van der Waals surface area (Å²) in [6.07, 6.45) is 1.39. The van der Waals surface area contributed by atoms with Crippen LogP contribution in [0.3, 0.4) is 0 Å². The molecule has 9 heteroatoms. The standard InChI is InChI=1S/C17H17N3O6/c1-4-24-17(21)13(9-18)7-12-5-6-15(16(8-12)23-3)25-10-14-11(2)19-26-20(14)22/h5-8H,4,10H2,1-3H3/b13-7+. The maximum Gasteiger partial charge on any atom is 0.348 e. The molecule has 0 amide bonds. The summed E-state index contributed by atoms with van der Waals surface area (Å²) in [6, 6.07) is 6.64. The fourth-order valence-corrected chi connectivity index (χ4v) is 2.04. The Hall–Kier alpha value is -3.54. The molecule has 0 unspecified atom stereocenters. The van der Waals surface area contributed by atoms with Crippen LogP contribution in [0.15, 0.2) is 28.4 Å². The Kier molecular flexibility index (Phi) is 6.16. The molecule has 136 valence electrons. The van der Waals surface area contributed by atoms with E-state index in [0.29, 0.717) is 22.8 Å². The largest absolute Gasteiger partial charge is 0.493 e. The van der Waals surface area contributed by atoms with Crippen LogP contribution in [0.1, 0.15) is 23.9 Å². The van der Waals surface area contributed by atoms with E-state index in [9.17, 15) is 10.0 Å². The number of nitriles is 1. The smallest absolute Gasteiger partial charge is 0.348 e. The molecule has 26 heavy (non-hydrogen) atoms. The van der Waals surface area contributed by atoms with Gasteiger partial charge in [0, 0.05) is 12.1 Å². The summed E-state index contributed by atoms with van der Waals surface area (Å²) < 4.78 is 20.1. The number of aromatic nitrogens is 2. The molecule has 0 radical (unpaired) electrons. The first-order valence-electron chi connectivity index (χ1n) is 7.65. The molecule has 0 aliphatic rings. The van der Waals surface area contributed by atoms with Crippen molar-refractivity contribution in [2.45, 2.75) is 20.5 Å². The van der Waals surface area contributed by atoms with Crippen molar-refractivity contribution in [1.29, 1.82) is 5.26 Å². The molecular formula is C17H17N3O6. The number of aryl methyl sites for hydroxylation is 1. The van der Waals surface area contributed by atoms with Crippen molar-refractivity contribution >= 4 is 12.0 Å². The minimum Gasteiger partial charge on any atom is -0.493 e. The second-order valence-corrected chi connectivity index (χ2v) is 5.05. The van der Waals surface area contributed by atoms with Gasteiger partial charge in [-0.2, -0.15) is 5.26 Å². The van der Waals surface area contributed by atoms with Crippen LogP contribution < -0.4 is 14.4 Å². The molecule has 2 aromatic rings. The maximum atomic E-state index is 11.7. The van der Waals surface area contributed by atoms with E-state index >= 15 is 0 Å². The van der Waals surface area contributed by atoms with E-state index in [1.807, 2.05) is 0 Å². The number of hydrogen-bond donors (Lipinski definition) is 0. The number of benzene rings is 1. The lowest BCUT2D eigenvalue weighted by Gasteiger charge is -2.10. The highest BCUT2D eigenvalue weighted by atomic mass is 16.8. The number of carbonyl (C=O) groups is 1. The average molecular weight is 359 g/mol. The molecule has 0 saturated carbocycles. The van der Waals surface area contributed by atoms with Gasteiger partial charge in [0.15, 0.2) is 18.1 Å². The maximum absolute atomic E-state index is 11.7. The number of rotatable bonds is 7. The molecule has 0 aliphatic carbocycles. The number of ether oxygens (including phenoxy) is 3. The monoisotopic (exact) mass is 359 g/mol. The Morgan fingerprint density at radius 1 is 1.46 bits per heavy atom. The van der Waals surface area contributed by atoms with Crippen LogP contribution in [-0.4, -0.2) is 24.8 Å². The van der Waals surface area contributed by atoms with Crippen molar-refractivity contribution in [1.82, 2.24) is 5.16 Å². The lowest BCUT2D eigenvalue weighted by atomic mass is 10.1. The zero-order chi connectivity index (χ0) is 19.1. The Bertz CT molecular complexity index is 846. The number of hydrogen-bond acceptors (Lipinski definition) is 8. The van der Waals surface area contributed by atoms with Crippen LogP contribution in [0.2, 0.25) is 0 Å². The number of nitrogens with zero attached hydrogens (tertiary/aromatic N) is 3. The molecule has 2 rings (SSSR count). The molecule has 0 aliphatic heterocycles. The first-order valence-corrected chi connectivity index (χ1v) is 7.65. The van der Waals surface area contributed by atoms with E-state index in [4.69, 9.17) is 19.5 Å². The quantitative estimate of drug-likeness (QED) is 0.317. The Balaban J connectivity index is 2.21. The van der Waals surface area contributed by atoms with Gasteiger partial charge >= 0.3 is 5.97 Å². The molecular weight excluding hydrogens is 342 g/mol. The number of methoxy groups -OCH3 is 1. The molecule has 0 atom stereocenters. The van der Waals surface area contributed by atoms with Crippen molar-refractivity contribution in [2.24, 2.45) is 0 Å². The highest BCUT2D eigenvalue weighted by Crippen LogP contribution is 2.29. The number of carbonyl (C=O) groups excluding carboxylic acids is 1. The van der Waals surface area contributed by atoms with Gasteiger partial charge in [-0.3, -0.25) is 4.63 Å². The van der Waals surface area contributed by atoms with Crippen LogP contribution in [0.25, 0.3) is 6.08 Å². The Morgan fingerprint density at radius 2 is 2.23 bits per heavy atom. The van der Waals surface area contributed by atoms with Crippen LogP contribution >= 0.6 is 0 Å². The van der Waals surface area contributed by atoms with Crippen LogP contribution in [0.4, 0.5) is 0 Å². The third-order valence-corrected chi connectivity index (χ3v) is 3.37. The molecule has 1 heterocycles. The van der Waals surface area contributed by atoms with E-state index in [1.165, 1.54) is 13.2 Å². The first kappa shape index (κ1) is 18.8. The van der Waals surface area contributed by atoms with Crippen LogP contribution in [-0.2, 0) is 16.1 Å². The van der Waals surface area contributed by atoms with Crippen molar-refractivity contribution in [2.75, 3.05) is 13.7 Å². The molecule has 0 bridgehead atoms. The summed E-state index contributed by atoms with van der Waals surface area (Å²) in [6.45, 7) is 3.40. The molecule has 0 N–H and O–H groups in total. The summed E-state index contributed by atoms with van der Waals surface area (Å²) in [5.41, 5.74) is 1.09. The van der Waals surface area contributed by atoms with Gasteiger partial charge < -0.3 is 19.4 Å². The second-order valence-electron chi connectivity index (χ2n) is 5.05. The fourth-order valence-electron chi connectivity index (χ4n) is 2.04. The van der Waals surface area contributed by atoms with Gasteiger partial charge in [-0.1, -0.05) is 6.07 Å². The predicted octanol–water partition coefficient (Wildman–Crippen LogP) is 1.67. The zero-order valence-corrected chi connectivity index (χ0v) is 14.5. The van der Waals surface area contributed by atoms with Gasteiger partial charge in [0.1, 0.15) is 11.6 Å². The molecule has 1 aromatic carbocycles. The third kappa shape index (κ3) is 4.30. The summed E-state index contributed by atoms with van der Waals surface area (Å²) in [4.78, 5) is 12.0. The van der Waals surface area contributed by atoms with E-state index in [-0.39, 0.29) is 29.4 Å². The number of esters is 1. The molecule has 0 fully saturated rings. The second kappa shape index (κ2) is 8.53. The summed E-state index contributed by atoms with van der Waals surface area (Å²) in [5.74, 6) is 0.0450. The molecule has 0 spiro atoms. The topological polar surface area (TPSA) is 122 Å². The lowest BCUT2D eigenvalue weighted by Crippen LogP contribution is -2.29. The highest BCUT2D eigenvalue weighted by Gasteiger charge is 2.17. The average Bonchev–Trinajstić information content (AvgIpc) is 2.96. The van der Waals surface area contributed by atoms with Gasteiger partial charge in [-0.15, -0.1) is 0 Å². The minimum atomic E-state index is -0.697. The first-order chi connectivity index (χ1) is 12.5. The van der Waals surface area contributed by atoms with E-state index < -0.39 is 5.97 Å². The van der Waals surface area contributed by atoms with E-state index in [2.05, 4.69) is 9.79 Å². The van der Waals surface area contributed by atoms with Gasteiger partial charge in [-0.25, -0.2) is 4.79 Å². The molecule has 0 saturated heterocycles. The summed E-state index contributed by atoms with van der Waals surface area (Å²) >= 11 is 0. The van der Waals surface area contributed by atoms with Gasteiger partial charge in [0.05, 0.1) is 13.7 Å². The summed E-state index contributed by atoms with van der Waals surface area (Å²) in [5, 5.41) is 24.1. The highest BCUT2D eigenvalue weighted by molar-refractivity contribution is 5.97. The Labute approximate surface area is 149 Å². The van der Waals surface area contributed by atoms with Crippen LogP contribution in [0, 0.1) is 23.5 Å². The van der Waals surface area contributed by atoms with Crippen molar-refractivity contribution in [3.05, 3.63) is 45.9 Å². The van der Waals surface area contributed by atoms with E-state index in [0.717, 1.165) is 0 Å². The van der Waals surface area contributed by atoms with Crippen molar-refractivity contribution in [3.8, 4) is 17.6 Å². The lowest BCUT2D eigenvalue weighted by molar-refractivity contribution is -0.808. The fraction of sp³-hybridized carbons (Fsp3) is 0.294. The summed E-state index contributed by atoms with van der Waals surface area (Å²) in [7, 11) is 1.45. The van der Waals surface area contributed by atoms with Gasteiger partial charge in [0.2, 0.25) is 11.4 Å². The minimum absolute atomic E-state index is 0.0589. The van der Waals surface area contributed by atoms with Crippen LogP contribution in [0.5, 0.6) is 11.5 Å². The predicted molar refractivity (Wildman–Crippen MR) is 87.7 cm³/mol. The normalized spacial score (nSPS) is 10.9. The van der Waals surface area contributed by atoms with Gasteiger partial charge in [0.25, 0.3) is 0 Å². The van der Waals surface area contributed by atoms with Crippen molar-refractivity contribution < 1.29 is 28.5 Å². The SMILES string of the molecule is CCOC(=O)/C(C#N)=C/c1ccc(OCc2c(C)no[n+]2[O-])c(OC)c1. The zero-order valence-electron chi connectivity index (χ0n) is 14.5. The Morgan fingerprint density at radius 3 is 2.81 bits per heavy atom. The van der Waals surface area contributed by atoms with E-state index in [1.54, 1.807) is 38.1 Å². The molecule has 9 nitrogen and oxygen atoms in total. The molecule has 1 aromatic heterocycles. The van der Waals surface area contributed by atoms with Crippen molar-refractivity contribution in [3.63, 3.8) is 0 Å².